The molecule has 0 radical (unpaired) electrons. The van der Waals surface area contributed by atoms with Crippen LogP contribution in [0.25, 0.3) is 0 Å². The zero-order valence-electron chi connectivity index (χ0n) is 13.9. The van der Waals surface area contributed by atoms with Crippen LogP contribution < -0.4 is 5.32 Å². The summed E-state index contributed by atoms with van der Waals surface area (Å²) in [5, 5.41) is 4.08. The second-order valence-corrected chi connectivity index (χ2v) is 6.70. The van der Waals surface area contributed by atoms with Gasteiger partial charge >= 0.3 is 5.97 Å². The molecule has 0 amide bonds. The van der Waals surface area contributed by atoms with Gasteiger partial charge in [-0.2, -0.15) is 0 Å². The number of hydrogen-bond donors (Lipinski definition) is 1. The van der Waals surface area contributed by atoms with E-state index in [1.54, 1.807) is 6.92 Å². The Kier molecular flexibility index (Phi) is 7.11. The molecule has 120 valence electrons. The minimum atomic E-state index is -0.342. The van der Waals surface area contributed by atoms with E-state index in [2.05, 4.69) is 42.9 Å². The fraction of sp³-hybridized carbons (Fsp3) is 0.733. The molecule has 0 atom stereocenters. The van der Waals surface area contributed by atoms with Crippen LogP contribution in [0.4, 0.5) is 5.13 Å². The number of carbonyl (C=O) groups excluding carboxylic acids is 1. The molecule has 0 saturated carbocycles. The van der Waals surface area contributed by atoms with Crippen LogP contribution in [-0.2, 0) is 4.74 Å². The number of thiazole rings is 1. The Morgan fingerprint density at radius 1 is 1.33 bits per heavy atom. The number of nitrogens with one attached hydrogen (secondary N) is 1. The molecule has 5 nitrogen and oxygen atoms in total. The smallest absolute Gasteiger partial charge is 0.358 e. The van der Waals surface area contributed by atoms with Crippen molar-refractivity contribution >= 4 is 22.4 Å². The minimum absolute atomic E-state index is 0.342. The highest BCUT2D eigenvalue weighted by atomic mass is 32.1. The number of nitrogens with zero attached hydrogens (tertiary/aromatic N) is 2. The number of carbonyl (C=O) groups is 1. The molecule has 0 saturated heterocycles. The number of rotatable bonds is 8. The van der Waals surface area contributed by atoms with Gasteiger partial charge in [0.05, 0.1) is 6.61 Å². The average molecular weight is 313 g/mol. The third-order valence-corrected chi connectivity index (χ3v) is 4.17. The molecule has 1 aromatic heterocycles. The average Bonchev–Trinajstić information content (AvgIpc) is 2.75. The molecule has 6 heteroatoms. The Balaban J connectivity index is 2.57. The maximum atomic E-state index is 11.7. The molecule has 0 unspecified atom stereocenters. The number of ether oxygens (including phenoxy) is 1. The summed E-state index contributed by atoms with van der Waals surface area (Å²) in [6, 6.07) is 1.03. The molecule has 0 fully saturated rings. The normalized spacial score (nSPS) is 11.5. The number of hydrogen-bond acceptors (Lipinski definition) is 6. The van der Waals surface area contributed by atoms with E-state index in [1.807, 2.05) is 6.92 Å². The van der Waals surface area contributed by atoms with E-state index >= 15 is 0 Å². The Morgan fingerprint density at radius 3 is 2.48 bits per heavy atom. The molecule has 0 aliphatic heterocycles. The molecule has 0 aromatic carbocycles. The van der Waals surface area contributed by atoms with Gasteiger partial charge in [0.25, 0.3) is 0 Å². The highest BCUT2D eigenvalue weighted by molar-refractivity contribution is 7.15. The van der Waals surface area contributed by atoms with Crippen molar-refractivity contribution in [1.82, 2.24) is 9.88 Å². The standard InChI is InChI=1S/C15H27N3O2S/c1-7-20-14(19)13-12(6)21-15(17-13)16-8-9-18(10(2)3)11(4)5/h10-11H,7-9H2,1-6H3,(H,16,17). The molecule has 1 heterocycles. The molecule has 1 rings (SSSR count). The molecule has 0 bridgehead atoms. The molecular formula is C15H27N3O2S. The molecule has 0 spiro atoms. The first-order chi connectivity index (χ1) is 9.86. The summed E-state index contributed by atoms with van der Waals surface area (Å²) < 4.78 is 5.00. The first-order valence-electron chi connectivity index (χ1n) is 7.51. The predicted molar refractivity (Wildman–Crippen MR) is 88.3 cm³/mol. The van der Waals surface area contributed by atoms with Gasteiger partial charge in [-0.15, -0.1) is 11.3 Å². The van der Waals surface area contributed by atoms with Crippen LogP contribution in [-0.4, -0.2) is 47.6 Å². The number of aromatic nitrogens is 1. The Labute approximate surface area is 131 Å². The summed E-state index contributed by atoms with van der Waals surface area (Å²) in [7, 11) is 0. The SMILES string of the molecule is CCOC(=O)c1nc(NCCN(C(C)C)C(C)C)sc1C. The number of aryl methyl sites for hydroxylation is 1. The second kappa shape index (κ2) is 8.34. The molecule has 0 aliphatic carbocycles. The van der Waals surface area contributed by atoms with Gasteiger partial charge in [-0.1, -0.05) is 0 Å². The lowest BCUT2D eigenvalue weighted by Gasteiger charge is -2.30. The largest absolute Gasteiger partial charge is 0.461 e. The molecule has 0 aliphatic rings. The van der Waals surface area contributed by atoms with Crippen molar-refractivity contribution < 1.29 is 9.53 Å². The highest BCUT2D eigenvalue weighted by Gasteiger charge is 2.17. The number of anilines is 1. The fourth-order valence-electron chi connectivity index (χ4n) is 2.27. The van der Waals surface area contributed by atoms with Crippen LogP contribution in [0.1, 0.15) is 50.0 Å². The van der Waals surface area contributed by atoms with Gasteiger partial charge in [-0.25, -0.2) is 9.78 Å². The monoisotopic (exact) mass is 313 g/mol. The van der Waals surface area contributed by atoms with Gasteiger partial charge in [-0.3, -0.25) is 4.90 Å². The van der Waals surface area contributed by atoms with Gasteiger partial charge in [0.15, 0.2) is 10.8 Å². The summed E-state index contributed by atoms with van der Waals surface area (Å²) in [5.74, 6) is -0.342. The maximum absolute atomic E-state index is 11.7. The first-order valence-corrected chi connectivity index (χ1v) is 8.32. The fourth-order valence-corrected chi connectivity index (χ4v) is 3.09. The first kappa shape index (κ1) is 17.9. The molecule has 21 heavy (non-hydrogen) atoms. The van der Waals surface area contributed by atoms with Crippen LogP contribution in [0.3, 0.4) is 0 Å². The van der Waals surface area contributed by atoms with Crippen molar-refractivity contribution in [3.63, 3.8) is 0 Å². The van der Waals surface area contributed by atoms with E-state index in [0.717, 1.165) is 23.1 Å². The molecular weight excluding hydrogens is 286 g/mol. The van der Waals surface area contributed by atoms with Crippen molar-refractivity contribution in [3.05, 3.63) is 10.6 Å². The third kappa shape index (κ3) is 5.28. The summed E-state index contributed by atoms with van der Waals surface area (Å²) in [6.45, 7) is 14.6. The van der Waals surface area contributed by atoms with Crippen molar-refractivity contribution in [2.45, 2.75) is 53.6 Å². The third-order valence-electron chi connectivity index (χ3n) is 3.24. The van der Waals surface area contributed by atoms with E-state index in [-0.39, 0.29) is 5.97 Å². The Morgan fingerprint density at radius 2 is 1.95 bits per heavy atom. The Bertz CT molecular complexity index is 450. The van der Waals surface area contributed by atoms with Crippen LogP contribution in [0, 0.1) is 6.92 Å². The van der Waals surface area contributed by atoms with Crippen LogP contribution in [0.15, 0.2) is 0 Å². The predicted octanol–water partition coefficient (Wildman–Crippen LogP) is 3.16. The van der Waals surface area contributed by atoms with E-state index in [9.17, 15) is 4.79 Å². The topological polar surface area (TPSA) is 54.5 Å². The summed E-state index contributed by atoms with van der Waals surface area (Å²) in [4.78, 5) is 19.4. The molecule has 1 N–H and O–H groups in total. The van der Waals surface area contributed by atoms with Gasteiger partial charge in [0.2, 0.25) is 0 Å². The lowest BCUT2D eigenvalue weighted by atomic mass is 10.2. The van der Waals surface area contributed by atoms with E-state index in [4.69, 9.17) is 4.74 Å². The van der Waals surface area contributed by atoms with Gasteiger partial charge in [-0.05, 0) is 41.5 Å². The van der Waals surface area contributed by atoms with Gasteiger partial charge < -0.3 is 10.1 Å². The van der Waals surface area contributed by atoms with E-state index in [1.165, 1.54) is 11.3 Å². The van der Waals surface area contributed by atoms with Crippen LogP contribution in [0.2, 0.25) is 0 Å². The number of esters is 1. The van der Waals surface area contributed by atoms with E-state index < -0.39 is 0 Å². The van der Waals surface area contributed by atoms with Crippen LogP contribution >= 0.6 is 11.3 Å². The molecule has 1 aromatic rings. The van der Waals surface area contributed by atoms with Crippen molar-refractivity contribution in [2.24, 2.45) is 0 Å². The minimum Gasteiger partial charge on any atom is -0.461 e. The van der Waals surface area contributed by atoms with Crippen LogP contribution in [0.5, 0.6) is 0 Å². The lowest BCUT2D eigenvalue weighted by molar-refractivity contribution is 0.0519. The highest BCUT2D eigenvalue weighted by Crippen LogP contribution is 2.22. The maximum Gasteiger partial charge on any atom is 0.358 e. The van der Waals surface area contributed by atoms with Crippen molar-refractivity contribution in [3.8, 4) is 0 Å². The zero-order chi connectivity index (χ0) is 16.0. The van der Waals surface area contributed by atoms with Gasteiger partial charge in [0, 0.05) is 30.1 Å². The zero-order valence-corrected chi connectivity index (χ0v) is 14.7. The summed E-state index contributed by atoms with van der Waals surface area (Å²) >= 11 is 1.50. The second-order valence-electron chi connectivity index (χ2n) is 5.50. The lowest BCUT2D eigenvalue weighted by Crippen LogP contribution is -2.40. The Hall–Kier alpha value is -1.14. The quantitative estimate of drug-likeness (QED) is 0.747. The van der Waals surface area contributed by atoms with Crippen molar-refractivity contribution in [2.75, 3.05) is 25.0 Å². The summed E-state index contributed by atoms with van der Waals surface area (Å²) in [6.07, 6.45) is 0. The van der Waals surface area contributed by atoms with Crippen molar-refractivity contribution in [1.29, 1.82) is 0 Å². The van der Waals surface area contributed by atoms with E-state index in [0.29, 0.717) is 24.4 Å². The summed E-state index contributed by atoms with van der Waals surface area (Å²) in [5.41, 5.74) is 0.425. The van der Waals surface area contributed by atoms with Gasteiger partial charge in [0.1, 0.15) is 0 Å².